The van der Waals surface area contributed by atoms with Crippen molar-refractivity contribution in [3.05, 3.63) is 46.3 Å². The van der Waals surface area contributed by atoms with E-state index in [1.807, 2.05) is 54.6 Å². The molecule has 0 saturated carbocycles. The highest BCUT2D eigenvalue weighted by Crippen LogP contribution is 2.49. The lowest BCUT2D eigenvalue weighted by Gasteiger charge is -2.28. The quantitative estimate of drug-likeness (QED) is 0.0705. The molecule has 46 heavy (non-hydrogen) atoms. The molecule has 5 N–H and O–H groups in total. The highest BCUT2D eigenvalue weighted by atomic mass is 127. The molecule has 0 spiro atoms. The maximum atomic E-state index is 14.3. The molecule has 17 heteroatoms. The minimum atomic E-state index is -4.37. The number of ether oxygens (including phenoxy) is 3. The minimum Gasteiger partial charge on any atom is -0.479 e. The second-order valence-electron chi connectivity index (χ2n) is 11.4. The van der Waals surface area contributed by atoms with Crippen molar-refractivity contribution in [1.82, 2.24) is 24.6 Å². The summed E-state index contributed by atoms with van der Waals surface area (Å²) >= 11 is 1.93. The van der Waals surface area contributed by atoms with Crippen LogP contribution in [0.1, 0.15) is 33.9 Å². The number of halogens is 1. The van der Waals surface area contributed by atoms with Gasteiger partial charge in [-0.25, -0.2) is 9.55 Å². The van der Waals surface area contributed by atoms with Gasteiger partial charge in [-0.1, -0.05) is 50.2 Å². The summed E-state index contributed by atoms with van der Waals surface area (Å²) in [6, 6.07) is 11.5. The SMILES string of the molecule is COc1nc(N)nc2c1nc(I)n2C1OC(COP(=O)(NC(C)C(=O)OCC(C)C)Oc2cccc3ccccc23)C(O)C1(C)O. The second-order valence-corrected chi connectivity index (χ2v) is 14.1. The molecule has 4 aromatic rings. The van der Waals surface area contributed by atoms with E-state index < -0.39 is 50.4 Å². The maximum Gasteiger partial charge on any atom is 0.459 e. The van der Waals surface area contributed by atoms with Crippen LogP contribution in [0, 0.1) is 9.75 Å². The first kappa shape index (κ1) is 34.2. The Morgan fingerprint density at radius 1 is 1.20 bits per heavy atom. The number of benzene rings is 2. The van der Waals surface area contributed by atoms with Gasteiger partial charge in [0.2, 0.25) is 11.8 Å². The summed E-state index contributed by atoms with van der Waals surface area (Å²) in [5.74, 6) is -0.306. The molecule has 6 unspecified atom stereocenters. The first-order valence-electron chi connectivity index (χ1n) is 14.4. The number of methoxy groups -OCH3 is 1. The van der Waals surface area contributed by atoms with Crippen molar-refractivity contribution >= 4 is 64.2 Å². The van der Waals surface area contributed by atoms with Gasteiger partial charge in [0.15, 0.2) is 21.2 Å². The summed E-state index contributed by atoms with van der Waals surface area (Å²) in [6.45, 7) is 6.29. The lowest BCUT2D eigenvalue weighted by Crippen LogP contribution is -2.45. The third kappa shape index (κ3) is 6.93. The number of hydrogen-bond donors (Lipinski definition) is 4. The Bertz CT molecular complexity index is 1780. The molecule has 5 rings (SSSR count). The van der Waals surface area contributed by atoms with E-state index in [1.165, 1.54) is 25.5 Å². The van der Waals surface area contributed by atoms with E-state index in [2.05, 4.69) is 20.0 Å². The highest BCUT2D eigenvalue weighted by molar-refractivity contribution is 14.1. The van der Waals surface area contributed by atoms with E-state index >= 15 is 0 Å². The molecular formula is C29H36IN6O9P. The van der Waals surface area contributed by atoms with Crippen LogP contribution in [-0.2, 0) is 23.4 Å². The van der Waals surface area contributed by atoms with E-state index in [1.54, 1.807) is 24.3 Å². The van der Waals surface area contributed by atoms with Gasteiger partial charge < -0.3 is 34.7 Å². The Morgan fingerprint density at radius 3 is 2.63 bits per heavy atom. The van der Waals surface area contributed by atoms with Gasteiger partial charge in [0, 0.05) is 28.0 Å². The van der Waals surface area contributed by atoms with Gasteiger partial charge in [-0.05, 0) is 31.2 Å². The summed E-state index contributed by atoms with van der Waals surface area (Å²) in [7, 11) is -2.96. The topological polar surface area (TPSA) is 202 Å². The summed E-state index contributed by atoms with van der Waals surface area (Å²) in [5.41, 5.74) is 4.45. The smallest absolute Gasteiger partial charge is 0.459 e. The zero-order chi connectivity index (χ0) is 33.4. The van der Waals surface area contributed by atoms with Gasteiger partial charge in [-0.3, -0.25) is 13.9 Å². The van der Waals surface area contributed by atoms with Crippen molar-refractivity contribution in [3.63, 3.8) is 0 Å². The third-order valence-corrected chi connectivity index (χ3v) is 9.70. The standard InChI is InChI=1S/C29H36IN6O9P/c1-15(2)13-42-25(38)16(3)35-46(40,45-19-12-8-10-17-9-6-7-11-18(17)19)43-14-20-22(37)29(4,39)26(44-20)36-23-21(32-27(36)30)24(41-5)34-28(31)33-23/h6-12,15-16,20,22,26,37,39H,13-14H2,1-5H3,(H,35,40)(H2,31,33,34). The maximum absolute atomic E-state index is 14.3. The number of nitrogens with one attached hydrogen (secondary N) is 1. The summed E-state index contributed by atoms with van der Waals surface area (Å²) in [5, 5.41) is 26.8. The molecule has 248 valence electrons. The number of aliphatic hydroxyl groups excluding tert-OH is 1. The van der Waals surface area contributed by atoms with Crippen LogP contribution in [-0.4, -0.2) is 79.9 Å². The van der Waals surface area contributed by atoms with Crippen LogP contribution in [0.4, 0.5) is 5.95 Å². The summed E-state index contributed by atoms with van der Waals surface area (Å²) in [6.07, 6.45) is -3.99. The Balaban J connectivity index is 1.43. The monoisotopic (exact) mass is 770 g/mol. The average molecular weight is 771 g/mol. The average Bonchev–Trinajstić information content (AvgIpc) is 3.44. The molecule has 1 aliphatic heterocycles. The number of aromatic nitrogens is 4. The lowest BCUT2D eigenvalue weighted by atomic mass is 9.96. The Kier molecular flexibility index (Phi) is 10.1. The van der Waals surface area contributed by atoms with E-state index in [4.69, 9.17) is 29.0 Å². The Labute approximate surface area is 278 Å². The van der Waals surface area contributed by atoms with E-state index in [-0.39, 0.29) is 41.3 Å². The van der Waals surface area contributed by atoms with Gasteiger partial charge in [-0.2, -0.15) is 15.1 Å². The minimum absolute atomic E-state index is 0.0903. The van der Waals surface area contributed by atoms with E-state index in [0.717, 1.165) is 5.39 Å². The van der Waals surface area contributed by atoms with Gasteiger partial charge >= 0.3 is 13.7 Å². The van der Waals surface area contributed by atoms with Crippen molar-refractivity contribution in [2.45, 2.75) is 57.8 Å². The number of esters is 1. The largest absolute Gasteiger partial charge is 0.479 e. The van der Waals surface area contributed by atoms with Crippen LogP contribution in [0.2, 0.25) is 0 Å². The number of aliphatic hydroxyl groups is 2. The Morgan fingerprint density at radius 2 is 1.91 bits per heavy atom. The molecule has 3 heterocycles. The fourth-order valence-electron chi connectivity index (χ4n) is 4.97. The van der Waals surface area contributed by atoms with Crippen LogP contribution < -0.4 is 20.1 Å². The number of nitrogens with two attached hydrogens (primary N) is 1. The van der Waals surface area contributed by atoms with Gasteiger partial charge in [0.05, 0.1) is 20.3 Å². The number of carbonyl (C=O) groups excluding carboxylic acids is 1. The second kappa shape index (κ2) is 13.5. The predicted molar refractivity (Wildman–Crippen MR) is 176 cm³/mol. The first-order valence-corrected chi connectivity index (χ1v) is 17.0. The summed E-state index contributed by atoms with van der Waals surface area (Å²) < 4.78 is 44.7. The Hall–Kier alpha value is -3.12. The van der Waals surface area contributed by atoms with Crippen molar-refractivity contribution in [2.75, 3.05) is 26.1 Å². The molecule has 0 aliphatic carbocycles. The molecule has 2 aromatic heterocycles. The number of hydrogen-bond acceptors (Lipinski definition) is 13. The third-order valence-electron chi connectivity index (χ3n) is 7.31. The van der Waals surface area contributed by atoms with Crippen LogP contribution in [0.5, 0.6) is 11.6 Å². The van der Waals surface area contributed by atoms with Crippen LogP contribution in [0.15, 0.2) is 42.5 Å². The molecule has 0 radical (unpaired) electrons. The predicted octanol–water partition coefficient (Wildman–Crippen LogP) is 3.57. The fraction of sp³-hybridized carbons (Fsp3) is 0.448. The molecule has 1 saturated heterocycles. The molecule has 15 nitrogen and oxygen atoms in total. The van der Waals surface area contributed by atoms with E-state index in [0.29, 0.717) is 9.22 Å². The number of fused-ring (bicyclic) bond motifs is 2. The lowest BCUT2D eigenvalue weighted by molar-refractivity contribution is -0.146. The number of nitrogen functional groups attached to an aromatic ring is 1. The van der Waals surface area contributed by atoms with Crippen molar-refractivity contribution in [2.24, 2.45) is 5.92 Å². The van der Waals surface area contributed by atoms with Gasteiger partial charge in [0.1, 0.15) is 29.6 Å². The molecule has 2 aromatic carbocycles. The first-order chi connectivity index (χ1) is 21.7. The number of anilines is 1. The van der Waals surface area contributed by atoms with Crippen molar-refractivity contribution in [1.29, 1.82) is 0 Å². The highest BCUT2D eigenvalue weighted by Gasteiger charge is 2.55. The molecule has 1 fully saturated rings. The molecule has 1 aliphatic rings. The van der Waals surface area contributed by atoms with Gasteiger partial charge in [-0.15, -0.1) is 0 Å². The van der Waals surface area contributed by atoms with Crippen molar-refractivity contribution < 1.29 is 42.8 Å². The zero-order valence-electron chi connectivity index (χ0n) is 25.8. The van der Waals surface area contributed by atoms with Crippen LogP contribution in [0.25, 0.3) is 21.9 Å². The van der Waals surface area contributed by atoms with E-state index in [9.17, 15) is 19.6 Å². The fourth-order valence-corrected chi connectivity index (χ4v) is 7.22. The normalized spacial score (nSPS) is 23.5. The molecule has 0 bridgehead atoms. The number of imidazole rings is 1. The molecule has 6 atom stereocenters. The number of rotatable bonds is 12. The zero-order valence-corrected chi connectivity index (χ0v) is 28.8. The summed E-state index contributed by atoms with van der Waals surface area (Å²) in [4.78, 5) is 25.5. The number of carbonyl (C=O) groups is 1. The molecule has 0 amide bonds. The molecular weight excluding hydrogens is 734 g/mol. The van der Waals surface area contributed by atoms with Crippen molar-refractivity contribution in [3.8, 4) is 11.6 Å². The van der Waals surface area contributed by atoms with Gasteiger partial charge in [0.25, 0.3) is 0 Å². The number of nitrogens with zero attached hydrogens (tertiary/aromatic N) is 4. The van der Waals surface area contributed by atoms with Crippen LogP contribution >= 0.6 is 30.3 Å². The van der Waals surface area contributed by atoms with Crippen LogP contribution in [0.3, 0.4) is 0 Å².